The Morgan fingerprint density at radius 2 is 1.50 bits per heavy atom. The summed E-state index contributed by atoms with van der Waals surface area (Å²) in [6.07, 6.45) is 0. The fourth-order valence-corrected chi connectivity index (χ4v) is 3.50. The quantitative estimate of drug-likeness (QED) is 0.551. The Morgan fingerprint density at radius 1 is 0.800 bits per heavy atom. The molecule has 1 heterocycles. The molecular formula is C24H26N4O2. The van der Waals surface area contributed by atoms with Crippen LogP contribution >= 0.6 is 0 Å². The van der Waals surface area contributed by atoms with Crippen molar-refractivity contribution >= 4 is 23.0 Å². The fraction of sp³-hybridized carbons (Fsp3) is 0.208. The van der Waals surface area contributed by atoms with Gasteiger partial charge in [-0.2, -0.15) is 0 Å². The lowest BCUT2D eigenvalue weighted by Crippen LogP contribution is -2.37. The van der Waals surface area contributed by atoms with E-state index in [1.54, 1.807) is 14.2 Å². The summed E-state index contributed by atoms with van der Waals surface area (Å²) in [5.74, 6) is 2.17. The van der Waals surface area contributed by atoms with Crippen LogP contribution in [0.15, 0.2) is 53.5 Å². The minimum Gasteiger partial charge on any atom is -0.497 e. The van der Waals surface area contributed by atoms with E-state index < -0.39 is 0 Å². The van der Waals surface area contributed by atoms with Crippen LogP contribution in [0.25, 0.3) is 11.1 Å². The molecule has 0 saturated carbocycles. The number of hydrogen-bond donors (Lipinski definition) is 3. The zero-order chi connectivity index (χ0) is 21.3. The average Bonchev–Trinajstić information content (AvgIpc) is 2.76. The predicted molar refractivity (Wildman–Crippen MR) is 123 cm³/mol. The maximum absolute atomic E-state index is 5.41. The molecule has 6 heteroatoms. The van der Waals surface area contributed by atoms with Crippen LogP contribution in [-0.2, 0) is 0 Å². The number of hydrogen-bond acceptors (Lipinski definition) is 6. The summed E-state index contributed by atoms with van der Waals surface area (Å²) in [5.41, 5.74) is 14.9. The van der Waals surface area contributed by atoms with E-state index in [0.717, 1.165) is 45.3 Å². The molecule has 0 spiro atoms. The summed E-state index contributed by atoms with van der Waals surface area (Å²) in [5, 5.41) is 3.38. The molecule has 0 radical (unpaired) electrons. The first kappa shape index (κ1) is 19.6. The first-order valence-corrected chi connectivity index (χ1v) is 9.80. The largest absolute Gasteiger partial charge is 0.497 e. The van der Waals surface area contributed by atoms with Crippen LogP contribution in [0.4, 0.5) is 17.1 Å². The van der Waals surface area contributed by atoms with Crippen molar-refractivity contribution in [1.29, 1.82) is 0 Å². The molecule has 4 rings (SSSR count). The van der Waals surface area contributed by atoms with E-state index in [2.05, 4.69) is 55.1 Å². The van der Waals surface area contributed by atoms with Crippen LogP contribution in [0.5, 0.6) is 11.5 Å². The summed E-state index contributed by atoms with van der Waals surface area (Å²) in [4.78, 5) is 4.80. The zero-order valence-electron chi connectivity index (χ0n) is 17.9. The van der Waals surface area contributed by atoms with Crippen molar-refractivity contribution in [3.8, 4) is 22.6 Å². The Balaban J connectivity index is 1.68. The number of anilines is 2. The molecule has 0 atom stereocenters. The van der Waals surface area contributed by atoms with E-state index in [0.29, 0.717) is 5.96 Å². The summed E-state index contributed by atoms with van der Waals surface area (Å²) in [6, 6.07) is 16.2. The van der Waals surface area contributed by atoms with Gasteiger partial charge in [0.05, 0.1) is 25.6 Å². The van der Waals surface area contributed by atoms with Gasteiger partial charge in [0.2, 0.25) is 5.96 Å². The molecule has 3 aromatic carbocycles. The molecular weight excluding hydrogens is 376 g/mol. The number of benzene rings is 3. The maximum atomic E-state index is 5.41. The lowest BCUT2D eigenvalue weighted by molar-refractivity contribution is 0.394. The Hall–Kier alpha value is -3.67. The summed E-state index contributed by atoms with van der Waals surface area (Å²) in [7, 11) is 3.31. The second-order valence-corrected chi connectivity index (χ2v) is 7.37. The summed E-state index contributed by atoms with van der Waals surface area (Å²) >= 11 is 0. The van der Waals surface area contributed by atoms with Gasteiger partial charge in [-0.1, -0.05) is 12.1 Å². The highest BCUT2D eigenvalue weighted by Crippen LogP contribution is 2.38. The van der Waals surface area contributed by atoms with Crippen LogP contribution < -0.4 is 25.6 Å². The number of nitrogens with one attached hydrogen (secondary N) is 3. The first-order valence-electron chi connectivity index (χ1n) is 9.80. The first-order chi connectivity index (χ1) is 14.5. The summed E-state index contributed by atoms with van der Waals surface area (Å²) < 4.78 is 10.8. The Morgan fingerprint density at radius 3 is 2.20 bits per heavy atom. The van der Waals surface area contributed by atoms with E-state index in [1.807, 2.05) is 30.3 Å². The van der Waals surface area contributed by atoms with Crippen molar-refractivity contribution in [3.63, 3.8) is 0 Å². The Labute approximate surface area is 176 Å². The average molecular weight is 402 g/mol. The van der Waals surface area contributed by atoms with Gasteiger partial charge in [0.15, 0.2) is 0 Å². The number of rotatable bonds is 4. The molecule has 0 aromatic heterocycles. The predicted octanol–water partition coefficient (Wildman–Crippen LogP) is 5.33. The maximum Gasteiger partial charge on any atom is 0.220 e. The monoisotopic (exact) mass is 402 g/mol. The van der Waals surface area contributed by atoms with Crippen LogP contribution in [0, 0.1) is 20.8 Å². The number of ether oxygens (including phenoxy) is 2. The molecule has 6 nitrogen and oxygen atoms in total. The van der Waals surface area contributed by atoms with Gasteiger partial charge in [0.1, 0.15) is 11.5 Å². The third-order valence-electron chi connectivity index (χ3n) is 5.38. The lowest BCUT2D eigenvalue weighted by Gasteiger charge is -2.23. The van der Waals surface area contributed by atoms with Gasteiger partial charge in [-0.25, -0.2) is 4.99 Å². The van der Waals surface area contributed by atoms with E-state index in [1.165, 1.54) is 11.1 Å². The number of methoxy groups -OCH3 is 2. The van der Waals surface area contributed by atoms with Crippen molar-refractivity contribution in [3.05, 3.63) is 65.2 Å². The van der Waals surface area contributed by atoms with Gasteiger partial charge < -0.3 is 14.8 Å². The van der Waals surface area contributed by atoms with Crippen molar-refractivity contribution in [1.82, 2.24) is 5.43 Å². The van der Waals surface area contributed by atoms with Gasteiger partial charge in [-0.3, -0.25) is 10.9 Å². The van der Waals surface area contributed by atoms with E-state index in [9.17, 15) is 0 Å². The lowest BCUT2D eigenvalue weighted by atomic mass is 10.0. The number of guanidine groups is 1. The molecule has 0 amide bonds. The van der Waals surface area contributed by atoms with Crippen LogP contribution in [0.2, 0.25) is 0 Å². The van der Waals surface area contributed by atoms with Crippen molar-refractivity contribution in [2.75, 3.05) is 25.0 Å². The Kier molecular flexibility index (Phi) is 5.23. The molecule has 154 valence electrons. The molecule has 0 fully saturated rings. The summed E-state index contributed by atoms with van der Waals surface area (Å²) in [6.45, 7) is 6.26. The van der Waals surface area contributed by atoms with Crippen molar-refractivity contribution < 1.29 is 9.47 Å². The second-order valence-electron chi connectivity index (χ2n) is 7.37. The van der Waals surface area contributed by atoms with Gasteiger partial charge in [-0.05, 0) is 78.9 Å². The molecule has 0 bridgehead atoms. The van der Waals surface area contributed by atoms with Gasteiger partial charge in [0.25, 0.3) is 0 Å². The number of aliphatic imine (C=N–C) groups is 1. The molecule has 30 heavy (non-hydrogen) atoms. The van der Waals surface area contributed by atoms with Crippen molar-refractivity contribution in [2.24, 2.45) is 4.99 Å². The number of nitrogens with zero attached hydrogens (tertiary/aromatic N) is 1. The highest BCUT2D eigenvalue weighted by molar-refractivity contribution is 6.00. The molecule has 0 saturated heterocycles. The van der Waals surface area contributed by atoms with Crippen LogP contribution in [0.3, 0.4) is 0 Å². The number of aryl methyl sites for hydroxylation is 2. The smallest absolute Gasteiger partial charge is 0.220 e. The fourth-order valence-electron chi connectivity index (χ4n) is 3.50. The minimum atomic E-state index is 0.662. The molecule has 1 aliphatic rings. The van der Waals surface area contributed by atoms with Crippen LogP contribution in [-0.4, -0.2) is 20.2 Å². The zero-order valence-corrected chi connectivity index (χ0v) is 17.9. The van der Waals surface area contributed by atoms with E-state index >= 15 is 0 Å². The highest BCUT2D eigenvalue weighted by atomic mass is 16.5. The molecule has 0 unspecified atom stereocenters. The van der Waals surface area contributed by atoms with E-state index in [4.69, 9.17) is 14.5 Å². The molecule has 0 aliphatic carbocycles. The standard InChI is InChI=1S/C24H26N4O2/c1-14-7-6-8-21(16(14)3)25-24-26-23-15(2)9-17(12-22(23)27-28-24)18-10-19(29-4)13-20(11-18)30-5/h6-13,27H,1-5H3,(H2,25,26,28). The third-order valence-corrected chi connectivity index (χ3v) is 5.38. The Bertz CT molecular complexity index is 1120. The molecule has 3 N–H and O–H groups in total. The minimum absolute atomic E-state index is 0.662. The topological polar surface area (TPSA) is 66.9 Å². The second kappa shape index (κ2) is 7.99. The normalized spacial score (nSPS) is 12.2. The third kappa shape index (κ3) is 3.76. The van der Waals surface area contributed by atoms with Crippen molar-refractivity contribution in [2.45, 2.75) is 20.8 Å². The van der Waals surface area contributed by atoms with Crippen LogP contribution in [0.1, 0.15) is 16.7 Å². The van der Waals surface area contributed by atoms with E-state index in [-0.39, 0.29) is 0 Å². The SMILES string of the molecule is COc1cc(OC)cc(-c2cc(C)c3c(c2)NNC(Nc2cccc(C)c2C)=N3)c1. The highest BCUT2D eigenvalue weighted by Gasteiger charge is 2.16. The van der Waals surface area contributed by atoms with Gasteiger partial charge >= 0.3 is 0 Å². The number of fused-ring (bicyclic) bond motifs is 1. The van der Waals surface area contributed by atoms with Gasteiger partial charge in [0, 0.05) is 11.8 Å². The number of hydrazine groups is 1. The molecule has 3 aromatic rings. The molecule has 1 aliphatic heterocycles. The van der Waals surface area contributed by atoms with Gasteiger partial charge in [-0.15, -0.1) is 0 Å².